The van der Waals surface area contributed by atoms with Gasteiger partial charge >= 0.3 is 6.09 Å². The van der Waals surface area contributed by atoms with Gasteiger partial charge in [-0.05, 0) is 57.4 Å². The highest BCUT2D eigenvalue weighted by atomic mass is 19.1. The number of alkyl carbamates (subject to hydrolysis) is 1. The zero-order chi connectivity index (χ0) is 30.8. The van der Waals surface area contributed by atoms with Crippen molar-refractivity contribution in [2.75, 3.05) is 13.2 Å². The second-order valence-corrected chi connectivity index (χ2v) is 12.7. The molecular formula is C32H42FN5O4. The molecular weight excluding hydrogens is 537 g/mol. The Bertz CT molecular complexity index is 1560. The number of nitrogens with zero attached hydrogens (tertiary/aromatic N) is 4. The van der Waals surface area contributed by atoms with Crippen LogP contribution in [-0.4, -0.2) is 49.1 Å². The van der Waals surface area contributed by atoms with E-state index in [0.717, 1.165) is 33.7 Å². The van der Waals surface area contributed by atoms with Gasteiger partial charge in [0.2, 0.25) is 0 Å². The second kappa shape index (κ2) is 12.1. The predicted molar refractivity (Wildman–Crippen MR) is 160 cm³/mol. The van der Waals surface area contributed by atoms with E-state index in [2.05, 4.69) is 15.4 Å². The Morgan fingerprint density at radius 3 is 2.55 bits per heavy atom. The number of fused-ring (bicyclic) bond motifs is 1. The number of hydrogen-bond acceptors (Lipinski definition) is 6. The molecule has 226 valence electrons. The number of halogens is 1. The van der Waals surface area contributed by atoms with Crippen LogP contribution in [0.4, 0.5) is 9.18 Å². The number of rotatable bonds is 9. The average molecular weight is 580 g/mol. The minimum Gasteiger partial charge on any atom is -0.492 e. The van der Waals surface area contributed by atoms with Crippen LogP contribution >= 0.6 is 0 Å². The molecule has 0 fully saturated rings. The van der Waals surface area contributed by atoms with Crippen molar-refractivity contribution < 1.29 is 23.8 Å². The van der Waals surface area contributed by atoms with E-state index >= 15 is 0 Å². The van der Waals surface area contributed by atoms with E-state index in [4.69, 9.17) is 9.47 Å². The van der Waals surface area contributed by atoms with E-state index in [9.17, 15) is 14.3 Å². The number of benzene rings is 1. The molecule has 0 aliphatic carbocycles. The zero-order valence-corrected chi connectivity index (χ0v) is 25.8. The van der Waals surface area contributed by atoms with Crippen LogP contribution in [0.15, 0.2) is 42.7 Å². The van der Waals surface area contributed by atoms with Gasteiger partial charge in [-0.3, -0.25) is 4.68 Å². The van der Waals surface area contributed by atoms with Crippen molar-refractivity contribution in [2.45, 2.75) is 73.0 Å². The summed E-state index contributed by atoms with van der Waals surface area (Å²) in [6.07, 6.45) is 3.57. The molecule has 0 aliphatic heterocycles. The van der Waals surface area contributed by atoms with Crippen LogP contribution in [0, 0.1) is 18.2 Å². The molecule has 10 heteroatoms. The number of pyridine rings is 1. The highest BCUT2D eigenvalue weighted by molar-refractivity contribution is 5.71. The van der Waals surface area contributed by atoms with Gasteiger partial charge in [-0.15, -0.1) is 0 Å². The van der Waals surface area contributed by atoms with Crippen LogP contribution in [0.2, 0.25) is 0 Å². The lowest BCUT2D eigenvalue weighted by molar-refractivity contribution is 0.0528. The number of aliphatic hydroxyl groups excluding tert-OH is 1. The van der Waals surface area contributed by atoms with E-state index in [1.165, 1.54) is 12.1 Å². The van der Waals surface area contributed by atoms with Crippen LogP contribution in [0.3, 0.4) is 0 Å². The van der Waals surface area contributed by atoms with E-state index in [1.54, 1.807) is 16.9 Å². The van der Waals surface area contributed by atoms with Crippen molar-refractivity contribution in [1.29, 1.82) is 0 Å². The van der Waals surface area contributed by atoms with Gasteiger partial charge < -0.3 is 24.3 Å². The number of aryl methyl sites for hydroxylation is 1. The summed E-state index contributed by atoms with van der Waals surface area (Å²) < 4.78 is 29.6. The molecule has 0 bridgehead atoms. The molecule has 0 saturated heterocycles. The summed E-state index contributed by atoms with van der Waals surface area (Å²) in [6.45, 7) is 14.0. The average Bonchev–Trinajstić information content (AvgIpc) is 3.42. The summed E-state index contributed by atoms with van der Waals surface area (Å²) in [7, 11) is 1.86. The van der Waals surface area contributed by atoms with E-state index in [1.807, 2.05) is 78.2 Å². The molecule has 1 atom stereocenters. The first-order valence-corrected chi connectivity index (χ1v) is 14.2. The van der Waals surface area contributed by atoms with Crippen LogP contribution in [0.25, 0.3) is 16.8 Å². The minimum absolute atomic E-state index is 0.280. The maximum atomic E-state index is 14.4. The van der Waals surface area contributed by atoms with E-state index in [-0.39, 0.29) is 12.0 Å². The number of amides is 1. The molecule has 3 heterocycles. The molecule has 0 radical (unpaired) electrons. The Labute approximate surface area is 246 Å². The van der Waals surface area contributed by atoms with Crippen molar-refractivity contribution >= 4 is 11.7 Å². The first-order chi connectivity index (χ1) is 19.6. The third-order valence-corrected chi connectivity index (χ3v) is 7.06. The maximum Gasteiger partial charge on any atom is 0.407 e. The summed E-state index contributed by atoms with van der Waals surface area (Å²) in [5, 5.41) is 18.3. The minimum atomic E-state index is -0.729. The molecule has 4 rings (SSSR count). The Morgan fingerprint density at radius 1 is 1.12 bits per heavy atom. The number of imidazole rings is 1. The highest BCUT2D eigenvalue weighted by Gasteiger charge is 2.30. The van der Waals surface area contributed by atoms with Crippen LogP contribution in [0.5, 0.6) is 5.75 Å². The fraction of sp³-hybridized carbons (Fsp3) is 0.469. The lowest BCUT2D eigenvalue weighted by Crippen LogP contribution is -2.33. The maximum absolute atomic E-state index is 14.4. The second-order valence-electron chi connectivity index (χ2n) is 12.7. The van der Waals surface area contributed by atoms with Crippen molar-refractivity contribution in [3.05, 3.63) is 71.2 Å². The smallest absolute Gasteiger partial charge is 0.407 e. The van der Waals surface area contributed by atoms with Crippen LogP contribution in [-0.2, 0) is 24.6 Å². The lowest BCUT2D eigenvalue weighted by atomic mass is 9.85. The van der Waals surface area contributed by atoms with Gasteiger partial charge in [0.1, 0.15) is 28.9 Å². The van der Waals surface area contributed by atoms with Gasteiger partial charge in [-0.1, -0.05) is 20.8 Å². The fourth-order valence-electron chi connectivity index (χ4n) is 4.72. The Kier molecular flexibility index (Phi) is 8.96. The zero-order valence-electron chi connectivity index (χ0n) is 25.8. The number of hydrogen-bond donors (Lipinski definition) is 2. The molecule has 0 spiro atoms. The summed E-state index contributed by atoms with van der Waals surface area (Å²) in [5.74, 6) is 0.0230. The Balaban J connectivity index is 1.52. The van der Waals surface area contributed by atoms with E-state index < -0.39 is 23.6 Å². The fourth-order valence-corrected chi connectivity index (χ4v) is 4.72. The molecule has 0 aliphatic rings. The molecule has 1 aromatic carbocycles. The summed E-state index contributed by atoms with van der Waals surface area (Å²) in [4.78, 5) is 16.5. The summed E-state index contributed by atoms with van der Waals surface area (Å²) in [5.41, 5.74) is 4.83. The number of aliphatic hydroxyl groups is 1. The summed E-state index contributed by atoms with van der Waals surface area (Å²) in [6, 6.07) is 8.33. The lowest BCUT2D eigenvalue weighted by Gasteiger charge is -2.25. The SMILES string of the molecule is Cc1c(CCOc2cc(F)ccc2-c2ccc3ncc(CCNC(=O)OC(C)(C)C)n3c2)c(C(O)C(C)(C)C)nn1C. The standard InChI is InChI=1S/C32H42FN5O4/c1-20-24(28(36-37(20)8)29(39)31(2,3)4)14-16-41-26-17-22(33)10-11-25(26)21-9-12-27-35-18-23(38(27)19-21)13-15-34-30(40)42-32(5,6)7/h9-12,17-19,29,39H,13-16H2,1-8H3,(H,34,40). The number of ether oxygens (including phenoxy) is 2. The molecule has 1 unspecified atom stereocenters. The number of nitrogens with one attached hydrogen (secondary N) is 1. The highest BCUT2D eigenvalue weighted by Crippen LogP contribution is 2.35. The largest absolute Gasteiger partial charge is 0.492 e. The van der Waals surface area contributed by atoms with Gasteiger partial charge in [0.15, 0.2) is 0 Å². The van der Waals surface area contributed by atoms with Gasteiger partial charge in [0.25, 0.3) is 0 Å². The Morgan fingerprint density at radius 2 is 1.86 bits per heavy atom. The monoisotopic (exact) mass is 579 g/mol. The number of carbonyl (C=O) groups excluding carboxylic acids is 1. The van der Waals surface area contributed by atoms with Gasteiger partial charge in [0.05, 0.1) is 12.3 Å². The number of aromatic nitrogens is 4. The van der Waals surface area contributed by atoms with Crippen LogP contribution < -0.4 is 10.1 Å². The molecule has 0 saturated carbocycles. The number of carbonyl (C=O) groups is 1. The van der Waals surface area contributed by atoms with Gasteiger partial charge in [-0.2, -0.15) is 5.10 Å². The third-order valence-electron chi connectivity index (χ3n) is 7.06. The van der Waals surface area contributed by atoms with Crippen molar-refractivity contribution in [3.63, 3.8) is 0 Å². The first-order valence-electron chi connectivity index (χ1n) is 14.2. The van der Waals surface area contributed by atoms with Crippen molar-refractivity contribution in [1.82, 2.24) is 24.5 Å². The third kappa shape index (κ3) is 7.28. The predicted octanol–water partition coefficient (Wildman–Crippen LogP) is 5.95. The van der Waals surface area contributed by atoms with Gasteiger partial charge in [-0.25, -0.2) is 14.2 Å². The van der Waals surface area contributed by atoms with Crippen LogP contribution in [0.1, 0.15) is 70.3 Å². The first kappa shape index (κ1) is 31.0. The molecule has 2 N–H and O–H groups in total. The molecule has 1 amide bonds. The van der Waals surface area contributed by atoms with Crippen molar-refractivity contribution in [3.8, 4) is 16.9 Å². The van der Waals surface area contributed by atoms with Gasteiger partial charge in [0, 0.05) is 73.0 Å². The van der Waals surface area contributed by atoms with E-state index in [0.29, 0.717) is 30.8 Å². The molecule has 42 heavy (non-hydrogen) atoms. The summed E-state index contributed by atoms with van der Waals surface area (Å²) >= 11 is 0. The topological polar surface area (TPSA) is 103 Å². The quantitative estimate of drug-likeness (QED) is 0.254. The normalized spacial score (nSPS) is 12.9. The molecule has 4 aromatic rings. The molecule has 9 nitrogen and oxygen atoms in total. The van der Waals surface area contributed by atoms with Crippen molar-refractivity contribution in [2.24, 2.45) is 12.5 Å². The Hall–Kier alpha value is -3.92. The molecule has 3 aromatic heterocycles.